The molecule has 2 aliphatic heterocycles. The number of carbonyl (C=O) groups excluding carboxylic acids is 1. The van der Waals surface area contributed by atoms with Crippen LogP contribution in [0.2, 0.25) is 0 Å². The maximum atomic E-state index is 12.2. The summed E-state index contributed by atoms with van der Waals surface area (Å²) in [6.07, 6.45) is 3.34. The zero-order chi connectivity index (χ0) is 11.4. The highest BCUT2D eigenvalue weighted by Gasteiger charge is 2.29. The Morgan fingerprint density at radius 3 is 3.12 bits per heavy atom. The molecule has 92 valence electrons. The molecule has 2 atom stereocenters. The standard InChI is InChI=1S/C12H22N2O2/c1-2-10-4-3-6-14(9-10)12(15)11-8-13-5-7-16-11/h10-11,13H,2-9H2,1H3. The van der Waals surface area contributed by atoms with Crippen LogP contribution in [0.25, 0.3) is 0 Å². The number of carbonyl (C=O) groups is 1. The van der Waals surface area contributed by atoms with E-state index in [1.807, 2.05) is 4.90 Å². The van der Waals surface area contributed by atoms with Crippen LogP contribution in [0.1, 0.15) is 26.2 Å². The third kappa shape index (κ3) is 2.74. The average Bonchev–Trinajstić information content (AvgIpc) is 2.39. The molecular formula is C12H22N2O2. The molecule has 0 aromatic heterocycles. The first-order chi connectivity index (χ1) is 7.81. The van der Waals surface area contributed by atoms with E-state index < -0.39 is 0 Å². The molecular weight excluding hydrogens is 204 g/mol. The number of nitrogens with zero attached hydrogens (tertiary/aromatic N) is 1. The molecule has 2 aliphatic rings. The summed E-state index contributed by atoms with van der Waals surface area (Å²) in [6.45, 7) is 6.23. The van der Waals surface area contributed by atoms with Crippen molar-refractivity contribution in [3.8, 4) is 0 Å². The Balaban J connectivity index is 1.87. The number of hydrogen-bond donors (Lipinski definition) is 1. The van der Waals surface area contributed by atoms with Gasteiger partial charge in [-0.1, -0.05) is 13.3 Å². The fourth-order valence-corrected chi connectivity index (χ4v) is 2.53. The minimum atomic E-state index is -0.246. The lowest BCUT2D eigenvalue weighted by atomic mass is 9.95. The van der Waals surface area contributed by atoms with E-state index in [1.54, 1.807) is 0 Å². The van der Waals surface area contributed by atoms with Crippen molar-refractivity contribution >= 4 is 5.91 Å². The zero-order valence-electron chi connectivity index (χ0n) is 10.1. The minimum absolute atomic E-state index is 0.186. The molecule has 2 heterocycles. The van der Waals surface area contributed by atoms with E-state index in [1.165, 1.54) is 12.8 Å². The molecule has 0 saturated carbocycles. The van der Waals surface area contributed by atoms with Crippen molar-refractivity contribution < 1.29 is 9.53 Å². The normalized spacial score (nSPS) is 31.4. The van der Waals surface area contributed by atoms with E-state index in [0.29, 0.717) is 19.1 Å². The maximum absolute atomic E-state index is 12.2. The summed E-state index contributed by atoms with van der Waals surface area (Å²) < 4.78 is 5.51. The molecule has 2 saturated heterocycles. The third-order valence-corrected chi connectivity index (χ3v) is 3.61. The van der Waals surface area contributed by atoms with Crippen molar-refractivity contribution in [3.05, 3.63) is 0 Å². The van der Waals surface area contributed by atoms with Gasteiger partial charge in [0.1, 0.15) is 6.10 Å². The van der Waals surface area contributed by atoms with E-state index in [4.69, 9.17) is 4.74 Å². The highest BCUT2D eigenvalue weighted by Crippen LogP contribution is 2.20. The van der Waals surface area contributed by atoms with Crippen LogP contribution < -0.4 is 5.32 Å². The summed E-state index contributed by atoms with van der Waals surface area (Å²) in [7, 11) is 0. The SMILES string of the molecule is CCC1CCCN(C(=O)C2CNCCO2)C1. The topological polar surface area (TPSA) is 41.6 Å². The molecule has 0 radical (unpaired) electrons. The molecule has 4 heteroatoms. The smallest absolute Gasteiger partial charge is 0.253 e. The van der Waals surface area contributed by atoms with Crippen LogP contribution in [0.15, 0.2) is 0 Å². The number of piperidine rings is 1. The molecule has 0 aromatic rings. The van der Waals surface area contributed by atoms with Crippen molar-refractivity contribution in [2.75, 3.05) is 32.8 Å². The second kappa shape index (κ2) is 5.64. The van der Waals surface area contributed by atoms with Gasteiger partial charge in [0.25, 0.3) is 5.91 Å². The first-order valence-electron chi connectivity index (χ1n) is 6.42. The molecule has 0 bridgehead atoms. The van der Waals surface area contributed by atoms with Crippen molar-refractivity contribution in [1.82, 2.24) is 10.2 Å². The van der Waals surface area contributed by atoms with Gasteiger partial charge in [0.05, 0.1) is 6.61 Å². The molecule has 2 rings (SSSR count). The van der Waals surface area contributed by atoms with E-state index in [-0.39, 0.29) is 12.0 Å². The lowest BCUT2D eigenvalue weighted by Crippen LogP contribution is -2.51. The number of amides is 1. The molecule has 16 heavy (non-hydrogen) atoms. The number of ether oxygens (including phenoxy) is 1. The van der Waals surface area contributed by atoms with Gasteiger partial charge in [-0.2, -0.15) is 0 Å². The molecule has 1 amide bonds. The predicted octanol–water partition coefficient (Wildman–Crippen LogP) is 0.623. The lowest BCUT2D eigenvalue weighted by Gasteiger charge is -2.35. The van der Waals surface area contributed by atoms with Crippen LogP contribution in [0.5, 0.6) is 0 Å². The monoisotopic (exact) mass is 226 g/mol. The number of rotatable bonds is 2. The van der Waals surface area contributed by atoms with E-state index in [2.05, 4.69) is 12.2 Å². The van der Waals surface area contributed by atoms with Crippen molar-refractivity contribution in [1.29, 1.82) is 0 Å². The van der Waals surface area contributed by atoms with Crippen molar-refractivity contribution in [3.63, 3.8) is 0 Å². The molecule has 0 spiro atoms. The lowest BCUT2D eigenvalue weighted by molar-refractivity contribution is -0.147. The Labute approximate surface area is 97.3 Å². The van der Waals surface area contributed by atoms with Gasteiger partial charge in [-0.3, -0.25) is 4.79 Å². The Morgan fingerprint density at radius 2 is 2.44 bits per heavy atom. The second-order valence-corrected chi connectivity index (χ2v) is 4.76. The zero-order valence-corrected chi connectivity index (χ0v) is 10.1. The molecule has 1 N–H and O–H groups in total. The molecule has 0 aliphatic carbocycles. The molecule has 2 unspecified atom stereocenters. The van der Waals surface area contributed by atoms with E-state index in [0.717, 1.165) is 26.1 Å². The van der Waals surface area contributed by atoms with Crippen LogP contribution in [0.3, 0.4) is 0 Å². The Kier molecular flexibility index (Phi) is 4.18. The molecule has 4 nitrogen and oxygen atoms in total. The fourth-order valence-electron chi connectivity index (χ4n) is 2.53. The summed E-state index contributed by atoms with van der Waals surface area (Å²) in [6, 6.07) is 0. The summed E-state index contributed by atoms with van der Waals surface area (Å²) in [5.41, 5.74) is 0. The van der Waals surface area contributed by atoms with Gasteiger partial charge >= 0.3 is 0 Å². The Morgan fingerprint density at radius 1 is 1.56 bits per heavy atom. The van der Waals surface area contributed by atoms with Gasteiger partial charge in [-0.25, -0.2) is 0 Å². The van der Waals surface area contributed by atoms with Crippen molar-refractivity contribution in [2.24, 2.45) is 5.92 Å². The van der Waals surface area contributed by atoms with E-state index in [9.17, 15) is 4.79 Å². The highest BCUT2D eigenvalue weighted by atomic mass is 16.5. The summed E-state index contributed by atoms with van der Waals surface area (Å²) in [5, 5.41) is 3.21. The van der Waals surface area contributed by atoms with Crippen molar-refractivity contribution in [2.45, 2.75) is 32.3 Å². The summed E-state index contributed by atoms with van der Waals surface area (Å²) in [5.74, 6) is 0.875. The second-order valence-electron chi connectivity index (χ2n) is 4.76. The van der Waals surface area contributed by atoms with Crippen LogP contribution >= 0.6 is 0 Å². The Hall–Kier alpha value is -0.610. The van der Waals surface area contributed by atoms with Gasteiger partial charge < -0.3 is 15.0 Å². The van der Waals surface area contributed by atoms with E-state index >= 15 is 0 Å². The van der Waals surface area contributed by atoms with Gasteiger partial charge in [-0.15, -0.1) is 0 Å². The largest absolute Gasteiger partial charge is 0.366 e. The van der Waals surface area contributed by atoms with Gasteiger partial charge in [0.15, 0.2) is 0 Å². The minimum Gasteiger partial charge on any atom is -0.366 e. The number of likely N-dealkylation sites (tertiary alicyclic amines) is 1. The molecule has 2 fully saturated rings. The number of morpholine rings is 1. The average molecular weight is 226 g/mol. The van der Waals surface area contributed by atoms with Crippen LogP contribution in [0, 0.1) is 5.92 Å². The third-order valence-electron chi connectivity index (χ3n) is 3.61. The maximum Gasteiger partial charge on any atom is 0.253 e. The number of nitrogens with one attached hydrogen (secondary N) is 1. The number of hydrogen-bond acceptors (Lipinski definition) is 3. The first-order valence-corrected chi connectivity index (χ1v) is 6.42. The fraction of sp³-hybridized carbons (Fsp3) is 0.917. The molecule has 0 aromatic carbocycles. The van der Waals surface area contributed by atoms with Gasteiger partial charge in [0.2, 0.25) is 0 Å². The highest BCUT2D eigenvalue weighted by molar-refractivity contribution is 5.81. The quantitative estimate of drug-likeness (QED) is 0.750. The summed E-state index contributed by atoms with van der Waals surface area (Å²) in [4.78, 5) is 14.2. The first kappa shape index (κ1) is 11.9. The van der Waals surface area contributed by atoms with Gasteiger partial charge in [0, 0.05) is 26.2 Å². The predicted molar refractivity (Wildman–Crippen MR) is 62.2 cm³/mol. The van der Waals surface area contributed by atoms with Crippen LogP contribution in [0.4, 0.5) is 0 Å². The van der Waals surface area contributed by atoms with Crippen LogP contribution in [-0.2, 0) is 9.53 Å². The van der Waals surface area contributed by atoms with Gasteiger partial charge in [-0.05, 0) is 18.8 Å². The Bertz CT molecular complexity index is 239. The summed E-state index contributed by atoms with van der Waals surface area (Å²) >= 11 is 0. The van der Waals surface area contributed by atoms with Crippen LogP contribution in [-0.4, -0.2) is 49.7 Å².